The molecule has 1 aliphatic rings. The maximum absolute atomic E-state index is 12.1. The van der Waals surface area contributed by atoms with E-state index in [0.717, 1.165) is 31.7 Å². The summed E-state index contributed by atoms with van der Waals surface area (Å²) in [5.41, 5.74) is 8.32. The van der Waals surface area contributed by atoms with E-state index < -0.39 is 6.04 Å². The standard InChI is InChI=1S/C18H24N4OS/c1-12(2)16(19)17(23)21-18-20-14-8-9-22(11-15(14)24-18)10-13-6-4-3-5-7-13/h3-7,12,16H,8-11,19H2,1-2H3,(H,20,21,23)/t16-/m0/s1. The van der Waals surface area contributed by atoms with Crippen molar-refractivity contribution in [2.75, 3.05) is 11.9 Å². The molecule has 24 heavy (non-hydrogen) atoms. The van der Waals surface area contributed by atoms with Crippen molar-refractivity contribution in [1.29, 1.82) is 0 Å². The van der Waals surface area contributed by atoms with E-state index >= 15 is 0 Å². The lowest BCUT2D eigenvalue weighted by molar-refractivity contribution is -0.118. The molecule has 3 rings (SSSR count). The number of hydrogen-bond acceptors (Lipinski definition) is 5. The molecule has 3 N–H and O–H groups in total. The predicted octanol–water partition coefficient (Wildman–Crippen LogP) is 2.62. The third-order valence-corrected chi connectivity index (χ3v) is 5.31. The molecule has 0 aliphatic carbocycles. The summed E-state index contributed by atoms with van der Waals surface area (Å²) in [5, 5.41) is 3.54. The van der Waals surface area contributed by atoms with E-state index in [9.17, 15) is 4.79 Å². The first-order valence-corrected chi connectivity index (χ1v) is 9.16. The Balaban J connectivity index is 1.63. The SMILES string of the molecule is CC(C)[C@H](N)C(=O)Nc1nc2c(s1)CN(Cc1ccccc1)CC2. The fraction of sp³-hybridized carbons (Fsp3) is 0.444. The molecule has 1 amide bonds. The summed E-state index contributed by atoms with van der Waals surface area (Å²) in [5.74, 6) is -0.0433. The molecule has 5 nitrogen and oxygen atoms in total. The quantitative estimate of drug-likeness (QED) is 0.875. The van der Waals surface area contributed by atoms with Crippen LogP contribution in [0.4, 0.5) is 5.13 Å². The molecule has 1 aromatic heterocycles. The van der Waals surface area contributed by atoms with Crippen LogP contribution in [0.1, 0.15) is 30.0 Å². The lowest BCUT2D eigenvalue weighted by Crippen LogP contribution is -2.39. The van der Waals surface area contributed by atoms with Gasteiger partial charge in [-0.3, -0.25) is 9.69 Å². The van der Waals surface area contributed by atoms with Gasteiger partial charge in [-0.2, -0.15) is 0 Å². The van der Waals surface area contributed by atoms with E-state index in [1.165, 1.54) is 10.4 Å². The van der Waals surface area contributed by atoms with Crippen LogP contribution in [0.3, 0.4) is 0 Å². The monoisotopic (exact) mass is 344 g/mol. The highest BCUT2D eigenvalue weighted by atomic mass is 32.1. The van der Waals surface area contributed by atoms with E-state index in [4.69, 9.17) is 5.73 Å². The first kappa shape index (κ1) is 17.1. The molecular formula is C18H24N4OS. The molecule has 2 aromatic rings. The molecule has 0 fully saturated rings. The number of nitrogens with two attached hydrogens (primary N) is 1. The lowest BCUT2D eigenvalue weighted by Gasteiger charge is -2.25. The molecule has 0 saturated carbocycles. The molecule has 6 heteroatoms. The van der Waals surface area contributed by atoms with E-state index in [1.54, 1.807) is 11.3 Å². The van der Waals surface area contributed by atoms with Gasteiger partial charge in [0.2, 0.25) is 5.91 Å². The Morgan fingerprint density at radius 3 is 2.83 bits per heavy atom. The Morgan fingerprint density at radius 2 is 2.12 bits per heavy atom. The van der Waals surface area contributed by atoms with Crippen LogP contribution in [0, 0.1) is 5.92 Å². The number of amides is 1. The zero-order valence-electron chi connectivity index (χ0n) is 14.2. The van der Waals surface area contributed by atoms with Gasteiger partial charge in [0, 0.05) is 30.9 Å². The smallest absolute Gasteiger partial charge is 0.243 e. The van der Waals surface area contributed by atoms with Crippen LogP contribution in [-0.2, 0) is 24.3 Å². The van der Waals surface area contributed by atoms with Crippen LogP contribution in [-0.4, -0.2) is 28.4 Å². The van der Waals surface area contributed by atoms with Crippen molar-refractivity contribution in [2.24, 2.45) is 11.7 Å². The summed E-state index contributed by atoms with van der Waals surface area (Å²) in [7, 11) is 0. The summed E-state index contributed by atoms with van der Waals surface area (Å²) in [6.45, 7) is 6.70. The Hall–Kier alpha value is -1.76. The van der Waals surface area contributed by atoms with Crippen LogP contribution in [0.25, 0.3) is 0 Å². The number of carbonyl (C=O) groups excluding carboxylic acids is 1. The topological polar surface area (TPSA) is 71.2 Å². The lowest BCUT2D eigenvalue weighted by atomic mass is 10.1. The first-order valence-electron chi connectivity index (χ1n) is 8.34. The average molecular weight is 344 g/mol. The van der Waals surface area contributed by atoms with Crippen molar-refractivity contribution in [3.05, 3.63) is 46.5 Å². The minimum absolute atomic E-state index is 0.112. The Bertz CT molecular complexity index is 698. The van der Waals surface area contributed by atoms with Gasteiger partial charge in [0.25, 0.3) is 0 Å². The van der Waals surface area contributed by atoms with Crippen LogP contribution >= 0.6 is 11.3 Å². The number of nitrogens with zero attached hydrogens (tertiary/aromatic N) is 2. The van der Waals surface area contributed by atoms with Crippen molar-refractivity contribution in [3.8, 4) is 0 Å². The molecule has 0 radical (unpaired) electrons. The number of thiazole rings is 1. The van der Waals surface area contributed by atoms with Gasteiger partial charge in [-0.05, 0) is 11.5 Å². The number of rotatable bonds is 5. The zero-order chi connectivity index (χ0) is 17.1. The number of hydrogen-bond donors (Lipinski definition) is 2. The summed E-state index contributed by atoms with van der Waals surface area (Å²) >= 11 is 1.57. The van der Waals surface area contributed by atoms with Gasteiger partial charge >= 0.3 is 0 Å². The third-order valence-electron chi connectivity index (χ3n) is 4.31. The second-order valence-corrected chi connectivity index (χ2v) is 7.68. The second-order valence-electron chi connectivity index (χ2n) is 6.59. The second kappa shape index (κ2) is 7.42. The molecule has 0 saturated heterocycles. The molecule has 128 valence electrons. The number of fused-ring (bicyclic) bond motifs is 1. The number of aromatic nitrogens is 1. The number of benzene rings is 1. The molecule has 0 spiro atoms. The normalized spacial score (nSPS) is 16.0. The van der Waals surface area contributed by atoms with E-state index in [0.29, 0.717) is 5.13 Å². The van der Waals surface area contributed by atoms with Crippen molar-refractivity contribution in [1.82, 2.24) is 9.88 Å². The van der Waals surface area contributed by atoms with Gasteiger partial charge in [-0.1, -0.05) is 44.2 Å². The fourth-order valence-electron chi connectivity index (χ4n) is 2.77. The Kier molecular flexibility index (Phi) is 5.28. The molecule has 2 heterocycles. The molecular weight excluding hydrogens is 320 g/mol. The van der Waals surface area contributed by atoms with E-state index in [2.05, 4.69) is 39.5 Å². The minimum atomic E-state index is -0.500. The predicted molar refractivity (Wildman–Crippen MR) is 97.8 cm³/mol. The highest BCUT2D eigenvalue weighted by Gasteiger charge is 2.23. The maximum Gasteiger partial charge on any atom is 0.243 e. The van der Waals surface area contributed by atoms with Crippen molar-refractivity contribution >= 4 is 22.4 Å². The summed E-state index contributed by atoms with van der Waals surface area (Å²) < 4.78 is 0. The Morgan fingerprint density at radius 1 is 1.38 bits per heavy atom. The molecule has 1 atom stereocenters. The Labute approximate surface area is 146 Å². The van der Waals surface area contributed by atoms with Crippen molar-refractivity contribution in [3.63, 3.8) is 0 Å². The molecule has 1 aliphatic heterocycles. The van der Waals surface area contributed by atoms with Gasteiger partial charge in [0.05, 0.1) is 11.7 Å². The van der Waals surface area contributed by atoms with E-state index in [-0.39, 0.29) is 11.8 Å². The highest BCUT2D eigenvalue weighted by Crippen LogP contribution is 2.29. The van der Waals surface area contributed by atoms with Crippen LogP contribution in [0.15, 0.2) is 30.3 Å². The summed E-state index contributed by atoms with van der Waals surface area (Å²) in [4.78, 5) is 20.3. The van der Waals surface area contributed by atoms with Crippen LogP contribution in [0.2, 0.25) is 0 Å². The minimum Gasteiger partial charge on any atom is -0.320 e. The first-order chi connectivity index (χ1) is 11.5. The van der Waals surface area contributed by atoms with Crippen molar-refractivity contribution < 1.29 is 4.79 Å². The molecule has 0 bridgehead atoms. The number of nitrogens with one attached hydrogen (secondary N) is 1. The maximum atomic E-state index is 12.1. The average Bonchev–Trinajstić information content (AvgIpc) is 2.96. The van der Waals surface area contributed by atoms with Crippen molar-refractivity contribution in [2.45, 2.75) is 39.4 Å². The summed E-state index contributed by atoms with van der Waals surface area (Å²) in [6.07, 6.45) is 0.921. The zero-order valence-corrected chi connectivity index (χ0v) is 15.0. The van der Waals surface area contributed by atoms with Gasteiger partial charge in [-0.15, -0.1) is 11.3 Å². The molecule has 0 unspecified atom stereocenters. The van der Waals surface area contributed by atoms with Crippen LogP contribution in [0.5, 0.6) is 0 Å². The van der Waals surface area contributed by atoms with Gasteiger partial charge in [0.15, 0.2) is 5.13 Å². The van der Waals surface area contributed by atoms with Gasteiger partial charge < -0.3 is 11.1 Å². The van der Waals surface area contributed by atoms with Crippen LogP contribution < -0.4 is 11.1 Å². The fourth-order valence-corrected chi connectivity index (χ4v) is 3.82. The van der Waals surface area contributed by atoms with Gasteiger partial charge in [-0.25, -0.2) is 4.98 Å². The highest BCUT2D eigenvalue weighted by molar-refractivity contribution is 7.15. The largest absolute Gasteiger partial charge is 0.320 e. The van der Waals surface area contributed by atoms with E-state index in [1.807, 2.05) is 19.9 Å². The number of anilines is 1. The van der Waals surface area contributed by atoms with Gasteiger partial charge in [0.1, 0.15) is 0 Å². The third kappa shape index (κ3) is 4.01. The number of carbonyl (C=O) groups is 1. The molecule has 1 aromatic carbocycles. The summed E-state index contributed by atoms with van der Waals surface area (Å²) in [6, 6.07) is 9.99.